The molecule has 0 aliphatic rings. The Labute approximate surface area is 195 Å². The van der Waals surface area contributed by atoms with Crippen molar-refractivity contribution in [1.82, 2.24) is 0 Å². The molecule has 4 aromatic carbocycles. The maximum atomic E-state index is 15.0. The highest BCUT2D eigenvalue weighted by molar-refractivity contribution is 5.89. The second-order valence-corrected chi connectivity index (χ2v) is 7.61. The molecule has 182 valence electrons. The first kappa shape index (κ1) is 24.4. The minimum atomic E-state index is -4.62. The van der Waals surface area contributed by atoms with E-state index in [-0.39, 0.29) is 28.9 Å². The molecule has 0 atom stereocenters. The molecule has 0 aromatic heterocycles. The molecule has 0 fully saturated rings. The van der Waals surface area contributed by atoms with Crippen LogP contribution in [0.2, 0.25) is 0 Å². The van der Waals surface area contributed by atoms with Crippen LogP contribution in [0, 0.1) is 23.3 Å². The smallest absolute Gasteiger partial charge is 0.422 e. The van der Waals surface area contributed by atoms with E-state index in [9.17, 15) is 30.7 Å². The van der Waals surface area contributed by atoms with Gasteiger partial charge in [0.15, 0.2) is 18.2 Å². The zero-order valence-electron chi connectivity index (χ0n) is 18.1. The molecule has 0 N–H and O–H groups in total. The third kappa shape index (κ3) is 5.18. The lowest BCUT2D eigenvalue weighted by Crippen LogP contribution is -2.19. The van der Waals surface area contributed by atoms with E-state index in [4.69, 9.17) is 4.74 Å². The molecule has 0 heterocycles. The zero-order chi connectivity index (χ0) is 25.3. The molecule has 35 heavy (non-hydrogen) atoms. The Hall–Kier alpha value is -3.75. The van der Waals surface area contributed by atoms with Crippen molar-refractivity contribution in [3.63, 3.8) is 0 Å². The maximum absolute atomic E-state index is 15.0. The molecule has 0 saturated heterocycles. The summed E-state index contributed by atoms with van der Waals surface area (Å²) in [6.45, 7) is 0.249. The first-order valence-corrected chi connectivity index (χ1v) is 10.4. The minimum absolute atomic E-state index is 0.0102. The van der Waals surface area contributed by atoms with Crippen LogP contribution in [0.15, 0.2) is 60.7 Å². The van der Waals surface area contributed by atoms with Gasteiger partial charge < -0.3 is 9.47 Å². The Morgan fingerprint density at radius 1 is 0.714 bits per heavy atom. The summed E-state index contributed by atoms with van der Waals surface area (Å²) in [6, 6.07) is 12.2. The van der Waals surface area contributed by atoms with Crippen LogP contribution >= 0.6 is 0 Å². The third-order valence-corrected chi connectivity index (χ3v) is 5.21. The van der Waals surface area contributed by atoms with Crippen LogP contribution in [0.25, 0.3) is 33.0 Å². The van der Waals surface area contributed by atoms with Crippen LogP contribution in [0.5, 0.6) is 11.5 Å². The van der Waals surface area contributed by atoms with Crippen LogP contribution in [-0.2, 0) is 0 Å². The molecule has 0 bridgehead atoms. The average molecular weight is 494 g/mol. The van der Waals surface area contributed by atoms with Gasteiger partial charge in [-0.25, -0.2) is 17.6 Å². The Morgan fingerprint density at radius 3 is 2.03 bits per heavy atom. The van der Waals surface area contributed by atoms with E-state index < -0.39 is 47.4 Å². The van der Waals surface area contributed by atoms with Crippen molar-refractivity contribution in [3.05, 3.63) is 83.9 Å². The molecule has 0 radical (unpaired) electrons. The van der Waals surface area contributed by atoms with E-state index >= 15 is 0 Å². The number of benzene rings is 4. The monoisotopic (exact) mass is 494 g/mol. The Bertz CT molecular complexity index is 1370. The largest absolute Gasteiger partial charge is 0.494 e. The molecule has 2 nitrogen and oxygen atoms in total. The number of alkyl halides is 3. The summed E-state index contributed by atoms with van der Waals surface area (Å²) < 4.78 is 105. The third-order valence-electron chi connectivity index (χ3n) is 5.21. The lowest BCUT2D eigenvalue weighted by atomic mass is 9.97. The van der Waals surface area contributed by atoms with Crippen LogP contribution < -0.4 is 9.47 Å². The summed E-state index contributed by atoms with van der Waals surface area (Å²) in [4.78, 5) is 0. The summed E-state index contributed by atoms with van der Waals surface area (Å²) in [5, 5.41) is 0.287. The van der Waals surface area contributed by atoms with Gasteiger partial charge in [0, 0.05) is 23.1 Å². The van der Waals surface area contributed by atoms with E-state index in [1.54, 1.807) is 6.92 Å². The fourth-order valence-corrected chi connectivity index (χ4v) is 3.69. The van der Waals surface area contributed by atoms with Gasteiger partial charge in [-0.1, -0.05) is 30.3 Å². The molecular weight excluding hydrogens is 477 g/mol. The Kier molecular flexibility index (Phi) is 6.60. The van der Waals surface area contributed by atoms with Gasteiger partial charge in [0.1, 0.15) is 23.2 Å². The van der Waals surface area contributed by atoms with Gasteiger partial charge in [-0.2, -0.15) is 13.2 Å². The predicted molar refractivity (Wildman–Crippen MR) is 117 cm³/mol. The van der Waals surface area contributed by atoms with Gasteiger partial charge in [0.25, 0.3) is 0 Å². The SMILES string of the molecule is CCOc1cc(F)c(-c2ccc(-c3ccc4c(F)c(OCC(F)(F)F)ccc4c3)c(F)c2)c(F)c1. The normalized spacial score (nSPS) is 11.7. The molecule has 0 saturated carbocycles. The number of halogens is 7. The first-order chi connectivity index (χ1) is 16.6. The first-order valence-electron chi connectivity index (χ1n) is 10.4. The standard InChI is InChI=1S/C26H17F7O2/c1-2-34-17-11-21(28)24(22(29)12-17)16-4-6-18(20(27)10-16)14-3-7-19-15(9-14)5-8-23(25(19)30)35-13-26(31,32)33/h3-12H,2,13H2,1H3. The van der Waals surface area contributed by atoms with Gasteiger partial charge in [-0.3, -0.25) is 0 Å². The number of ether oxygens (including phenoxy) is 2. The van der Waals surface area contributed by atoms with Crippen LogP contribution in [-0.4, -0.2) is 19.4 Å². The number of hydrogen-bond donors (Lipinski definition) is 0. The van der Waals surface area contributed by atoms with Gasteiger partial charge >= 0.3 is 6.18 Å². The van der Waals surface area contributed by atoms with E-state index in [2.05, 4.69) is 4.74 Å². The lowest BCUT2D eigenvalue weighted by Gasteiger charge is -2.13. The van der Waals surface area contributed by atoms with E-state index in [1.807, 2.05) is 0 Å². The molecule has 0 aliphatic carbocycles. The van der Waals surface area contributed by atoms with Gasteiger partial charge in [0.2, 0.25) is 0 Å². The van der Waals surface area contributed by atoms with Crippen molar-refractivity contribution in [2.45, 2.75) is 13.1 Å². The second kappa shape index (κ2) is 9.48. The van der Waals surface area contributed by atoms with Crippen LogP contribution in [0.3, 0.4) is 0 Å². The van der Waals surface area contributed by atoms with Crippen molar-refractivity contribution in [2.75, 3.05) is 13.2 Å². The fraction of sp³-hybridized carbons (Fsp3) is 0.154. The molecule has 9 heteroatoms. The Morgan fingerprint density at radius 2 is 1.40 bits per heavy atom. The summed E-state index contributed by atoms with van der Waals surface area (Å²) in [5.74, 6) is -4.12. The maximum Gasteiger partial charge on any atom is 0.422 e. The Balaban J connectivity index is 1.67. The summed E-state index contributed by atoms with van der Waals surface area (Å²) in [6.07, 6.45) is -4.62. The van der Waals surface area contributed by atoms with E-state index in [1.165, 1.54) is 36.4 Å². The van der Waals surface area contributed by atoms with Gasteiger partial charge in [-0.15, -0.1) is 0 Å². The summed E-state index contributed by atoms with van der Waals surface area (Å²) >= 11 is 0. The summed E-state index contributed by atoms with van der Waals surface area (Å²) in [7, 11) is 0. The zero-order valence-corrected chi connectivity index (χ0v) is 18.1. The average Bonchev–Trinajstić information content (AvgIpc) is 2.78. The fourth-order valence-electron chi connectivity index (χ4n) is 3.69. The quantitative estimate of drug-likeness (QED) is 0.252. The van der Waals surface area contributed by atoms with E-state index in [0.29, 0.717) is 10.9 Å². The molecule has 0 amide bonds. The predicted octanol–water partition coefficient (Wildman–Crippen LogP) is 8.07. The van der Waals surface area contributed by atoms with Crippen molar-refractivity contribution >= 4 is 10.8 Å². The topological polar surface area (TPSA) is 18.5 Å². The van der Waals surface area contributed by atoms with Crippen molar-refractivity contribution in [3.8, 4) is 33.8 Å². The highest BCUT2D eigenvalue weighted by Gasteiger charge is 2.29. The van der Waals surface area contributed by atoms with Crippen LogP contribution in [0.1, 0.15) is 6.92 Å². The molecular formula is C26H17F7O2. The highest BCUT2D eigenvalue weighted by atomic mass is 19.4. The molecule has 0 unspecified atom stereocenters. The summed E-state index contributed by atoms with van der Waals surface area (Å²) in [5.41, 5.74) is -0.0220. The van der Waals surface area contributed by atoms with Crippen molar-refractivity contribution in [1.29, 1.82) is 0 Å². The lowest BCUT2D eigenvalue weighted by molar-refractivity contribution is -0.153. The van der Waals surface area contributed by atoms with Gasteiger partial charge in [0.05, 0.1) is 12.2 Å². The second-order valence-electron chi connectivity index (χ2n) is 7.61. The van der Waals surface area contributed by atoms with Crippen LogP contribution in [0.4, 0.5) is 30.7 Å². The number of rotatable bonds is 6. The minimum Gasteiger partial charge on any atom is -0.494 e. The molecule has 0 spiro atoms. The molecule has 4 aromatic rings. The molecule has 0 aliphatic heterocycles. The van der Waals surface area contributed by atoms with Gasteiger partial charge in [-0.05, 0) is 41.6 Å². The highest BCUT2D eigenvalue weighted by Crippen LogP contribution is 2.35. The number of hydrogen-bond acceptors (Lipinski definition) is 2. The van der Waals surface area contributed by atoms with Crippen molar-refractivity contribution in [2.24, 2.45) is 0 Å². The number of fused-ring (bicyclic) bond motifs is 1. The molecule has 4 rings (SSSR count). The van der Waals surface area contributed by atoms with Crippen molar-refractivity contribution < 1.29 is 40.2 Å². The van der Waals surface area contributed by atoms with E-state index in [0.717, 1.165) is 24.3 Å².